The summed E-state index contributed by atoms with van der Waals surface area (Å²) < 4.78 is 2.11. The third-order valence-corrected chi connectivity index (χ3v) is 4.07. The molecule has 20 heavy (non-hydrogen) atoms. The highest BCUT2D eigenvalue weighted by molar-refractivity contribution is 5.16. The van der Waals surface area contributed by atoms with Gasteiger partial charge in [-0.05, 0) is 12.0 Å². The van der Waals surface area contributed by atoms with E-state index in [1.165, 1.54) is 11.3 Å². The topological polar surface area (TPSA) is 33.1 Å². The number of piperazine rings is 1. The second-order valence-electron chi connectivity index (χ2n) is 5.51. The van der Waals surface area contributed by atoms with Gasteiger partial charge in [0.2, 0.25) is 0 Å². The van der Waals surface area contributed by atoms with Gasteiger partial charge in [0.05, 0.1) is 12.0 Å². The van der Waals surface area contributed by atoms with Crippen molar-refractivity contribution in [2.24, 2.45) is 7.05 Å². The Labute approximate surface area is 120 Å². The molecule has 1 atom stereocenters. The molecule has 2 heterocycles. The Morgan fingerprint density at radius 1 is 1.30 bits per heavy atom. The van der Waals surface area contributed by atoms with E-state index in [0.717, 1.165) is 32.6 Å². The maximum Gasteiger partial charge on any atom is 0.0945 e. The van der Waals surface area contributed by atoms with Gasteiger partial charge in [-0.3, -0.25) is 4.90 Å². The van der Waals surface area contributed by atoms with E-state index in [4.69, 9.17) is 0 Å². The number of hydrogen-bond donors (Lipinski definition) is 1. The van der Waals surface area contributed by atoms with Crippen molar-refractivity contribution >= 4 is 0 Å². The fourth-order valence-corrected chi connectivity index (χ4v) is 2.84. The minimum Gasteiger partial charge on any atom is -0.337 e. The highest BCUT2D eigenvalue weighted by atomic mass is 15.2. The number of hydrogen-bond acceptors (Lipinski definition) is 3. The minimum absolute atomic E-state index is 0.557. The van der Waals surface area contributed by atoms with E-state index in [1.807, 2.05) is 12.5 Å². The molecule has 1 aliphatic heterocycles. The average molecular weight is 270 g/mol. The number of rotatable bonds is 4. The van der Waals surface area contributed by atoms with E-state index in [1.54, 1.807) is 0 Å². The number of nitrogens with one attached hydrogen (secondary N) is 1. The summed E-state index contributed by atoms with van der Waals surface area (Å²) in [5.74, 6) is 0. The number of imidazole rings is 1. The van der Waals surface area contributed by atoms with Crippen LogP contribution < -0.4 is 5.32 Å². The van der Waals surface area contributed by atoms with E-state index in [-0.39, 0.29) is 0 Å². The summed E-state index contributed by atoms with van der Waals surface area (Å²) in [6, 6.07) is 11.3. The molecule has 1 saturated heterocycles. The lowest BCUT2D eigenvalue weighted by Crippen LogP contribution is -2.51. The fraction of sp³-hybridized carbons (Fsp3) is 0.438. The summed E-state index contributed by atoms with van der Waals surface area (Å²) in [6.07, 6.45) is 4.96. The van der Waals surface area contributed by atoms with E-state index >= 15 is 0 Å². The number of aryl methyl sites for hydroxylation is 1. The molecule has 2 aromatic rings. The summed E-state index contributed by atoms with van der Waals surface area (Å²) >= 11 is 0. The standard InChI is InChI=1S/C16H22N4/c1-19-13-18-11-16(19)12-20-8-7-17-10-15(20)9-14-5-3-2-4-6-14/h2-6,11,13,15,17H,7-10,12H2,1H3/t15-/m0/s1. The van der Waals surface area contributed by atoms with Crippen molar-refractivity contribution < 1.29 is 0 Å². The normalized spacial score (nSPS) is 20.1. The zero-order valence-corrected chi connectivity index (χ0v) is 12.0. The first kappa shape index (κ1) is 13.3. The van der Waals surface area contributed by atoms with Crippen LogP contribution in [-0.4, -0.2) is 40.1 Å². The third-order valence-electron chi connectivity index (χ3n) is 4.07. The third kappa shape index (κ3) is 3.08. The monoisotopic (exact) mass is 270 g/mol. The van der Waals surface area contributed by atoms with E-state index in [9.17, 15) is 0 Å². The van der Waals surface area contributed by atoms with E-state index in [0.29, 0.717) is 6.04 Å². The first-order valence-electron chi connectivity index (χ1n) is 7.27. The van der Waals surface area contributed by atoms with Crippen LogP contribution in [0, 0.1) is 0 Å². The molecule has 3 rings (SSSR count). The van der Waals surface area contributed by atoms with Crippen molar-refractivity contribution in [1.82, 2.24) is 19.8 Å². The van der Waals surface area contributed by atoms with Crippen molar-refractivity contribution in [3.05, 3.63) is 54.1 Å². The van der Waals surface area contributed by atoms with Crippen molar-refractivity contribution in [3.63, 3.8) is 0 Å². The molecular formula is C16H22N4. The largest absolute Gasteiger partial charge is 0.337 e. The lowest BCUT2D eigenvalue weighted by atomic mass is 10.0. The van der Waals surface area contributed by atoms with Crippen LogP contribution >= 0.6 is 0 Å². The number of benzene rings is 1. The molecule has 0 unspecified atom stereocenters. The smallest absolute Gasteiger partial charge is 0.0945 e. The predicted octanol–water partition coefficient (Wildman–Crippen LogP) is 1.44. The molecule has 0 amide bonds. The highest BCUT2D eigenvalue weighted by Gasteiger charge is 2.23. The predicted molar refractivity (Wildman–Crippen MR) is 80.4 cm³/mol. The van der Waals surface area contributed by atoms with Crippen molar-refractivity contribution in [2.45, 2.75) is 19.0 Å². The van der Waals surface area contributed by atoms with Gasteiger partial charge in [-0.1, -0.05) is 30.3 Å². The fourth-order valence-electron chi connectivity index (χ4n) is 2.84. The van der Waals surface area contributed by atoms with Gasteiger partial charge in [-0.2, -0.15) is 0 Å². The average Bonchev–Trinajstić information content (AvgIpc) is 2.88. The molecule has 0 bridgehead atoms. The SMILES string of the molecule is Cn1cncc1CN1CCNC[C@@H]1Cc1ccccc1. The Morgan fingerprint density at radius 2 is 2.15 bits per heavy atom. The zero-order valence-electron chi connectivity index (χ0n) is 12.0. The molecule has 1 aromatic carbocycles. The van der Waals surface area contributed by atoms with Crippen LogP contribution in [0.25, 0.3) is 0 Å². The molecule has 0 radical (unpaired) electrons. The molecule has 1 aromatic heterocycles. The van der Waals surface area contributed by atoms with Gasteiger partial charge in [0, 0.05) is 45.5 Å². The van der Waals surface area contributed by atoms with Gasteiger partial charge in [0.25, 0.3) is 0 Å². The Hall–Kier alpha value is -1.65. The van der Waals surface area contributed by atoms with E-state index < -0.39 is 0 Å². The van der Waals surface area contributed by atoms with Crippen LogP contribution in [0.1, 0.15) is 11.3 Å². The molecule has 4 heteroatoms. The second-order valence-corrected chi connectivity index (χ2v) is 5.51. The number of nitrogens with zero attached hydrogens (tertiary/aromatic N) is 3. The van der Waals surface area contributed by atoms with Gasteiger partial charge >= 0.3 is 0 Å². The number of aromatic nitrogens is 2. The Bertz CT molecular complexity index is 534. The van der Waals surface area contributed by atoms with Crippen molar-refractivity contribution in [3.8, 4) is 0 Å². The van der Waals surface area contributed by atoms with Crippen LogP contribution in [0.4, 0.5) is 0 Å². The maximum absolute atomic E-state index is 4.22. The van der Waals surface area contributed by atoms with Crippen LogP contribution in [0.15, 0.2) is 42.9 Å². The van der Waals surface area contributed by atoms with Crippen LogP contribution in [0.2, 0.25) is 0 Å². The van der Waals surface area contributed by atoms with E-state index in [2.05, 4.69) is 57.1 Å². The second kappa shape index (κ2) is 6.20. The van der Waals surface area contributed by atoms with Gasteiger partial charge in [-0.25, -0.2) is 4.98 Å². The highest BCUT2D eigenvalue weighted by Crippen LogP contribution is 2.14. The molecule has 0 aliphatic carbocycles. The van der Waals surface area contributed by atoms with Gasteiger partial charge in [-0.15, -0.1) is 0 Å². The molecule has 0 spiro atoms. The molecule has 106 valence electrons. The minimum atomic E-state index is 0.557. The summed E-state index contributed by atoms with van der Waals surface area (Å²) in [4.78, 5) is 6.79. The van der Waals surface area contributed by atoms with Crippen LogP contribution in [-0.2, 0) is 20.0 Å². The summed E-state index contributed by atoms with van der Waals surface area (Å²) in [5, 5.41) is 3.52. The quantitative estimate of drug-likeness (QED) is 0.912. The lowest BCUT2D eigenvalue weighted by Gasteiger charge is -2.36. The molecule has 1 aliphatic rings. The Kier molecular flexibility index (Phi) is 4.14. The van der Waals surface area contributed by atoms with Crippen molar-refractivity contribution in [1.29, 1.82) is 0 Å². The Morgan fingerprint density at radius 3 is 2.90 bits per heavy atom. The van der Waals surface area contributed by atoms with Gasteiger partial charge in [0.1, 0.15) is 0 Å². The van der Waals surface area contributed by atoms with Gasteiger partial charge in [0.15, 0.2) is 0 Å². The molecule has 0 saturated carbocycles. The molecule has 1 N–H and O–H groups in total. The molecular weight excluding hydrogens is 248 g/mol. The maximum atomic E-state index is 4.22. The van der Waals surface area contributed by atoms with Crippen molar-refractivity contribution in [2.75, 3.05) is 19.6 Å². The van der Waals surface area contributed by atoms with Crippen LogP contribution in [0.5, 0.6) is 0 Å². The molecule has 1 fully saturated rings. The first-order chi connectivity index (χ1) is 9.83. The summed E-state index contributed by atoms with van der Waals surface area (Å²) in [5.41, 5.74) is 2.70. The zero-order chi connectivity index (χ0) is 13.8. The molecule has 4 nitrogen and oxygen atoms in total. The van der Waals surface area contributed by atoms with Crippen LogP contribution in [0.3, 0.4) is 0 Å². The lowest BCUT2D eigenvalue weighted by molar-refractivity contribution is 0.149. The summed E-state index contributed by atoms with van der Waals surface area (Å²) in [6.45, 7) is 4.22. The van der Waals surface area contributed by atoms with Gasteiger partial charge < -0.3 is 9.88 Å². The Balaban J connectivity index is 1.69. The first-order valence-corrected chi connectivity index (χ1v) is 7.27. The summed E-state index contributed by atoms with van der Waals surface area (Å²) in [7, 11) is 2.07.